The van der Waals surface area contributed by atoms with E-state index in [1.54, 1.807) is 7.11 Å². The number of methoxy groups -OCH3 is 1. The summed E-state index contributed by atoms with van der Waals surface area (Å²) in [7, 11) is 1.56. The molecule has 17 heavy (non-hydrogen) atoms. The molecule has 0 aliphatic rings. The number of aryl methyl sites for hydroxylation is 1. The molecule has 94 valence electrons. The molecule has 1 aromatic rings. The smallest absolute Gasteiger partial charge is 0.255 e. The first kappa shape index (κ1) is 13.8. The van der Waals surface area contributed by atoms with Crippen molar-refractivity contribution >= 4 is 17.5 Å². The van der Waals surface area contributed by atoms with E-state index in [1.807, 2.05) is 25.1 Å². The second kappa shape index (κ2) is 7.17. The van der Waals surface area contributed by atoms with Crippen LogP contribution in [0.2, 0.25) is 0 Å². The SMILES string of the molecule is COc1ccc(C)cc1C(=O)NCCCCCl. The molecule has 0 aliphatic carbocycles. The number of unbranched alkanes of at least 4 members (excludes halogenated alkanes) is 1. The maximum atomic E-state index is 11.9. The second-order valence-corrected chi connectivity index (χ2v) is 4.23. The Kier molecular flexibility index (Phi) is 5.84. The maximum absolute atomic E-state index is 11.9. The van der Waals surface area contributed by atoms with E-state index in [-0.39, 0.29) is 5.91 Å². The van der Waals surface area contributed by atoms with Gasteiger partial charge in [-0.05, 0) is 31.9 Å². The van der Waals surface area contributed by atoms with E-state index in [0.717, 1.165) is 18.4 Å². The normalized spacial score (nSPS) is 10.1. The Labute approximate surface area is 107 Å². The molecule has 0 atom stereocenters. The molecule has 0 saturated heterocycles. The minimum atomic E-state index is -0.0971. The number of alkyl halides is 1. The molecular formula is C13H18ClNO2. The fourth-order valence-electron chi connectivity index (χ4n) is 1.52. The summed E-state index contributed by atoms with van der Waals surface area (Å²) in [5.41, 5.74) is 1.62. The van der Waals surface area contributed by atoms with E-state index >= 15 is 0 Å². The van der Waals surface area contributed by atoms with Gasteiger partial charge in [0.2, 0.25) is 0 Å². The van der Waals surface area contributed by atoms with Crippen LogP contribution in [0.5, 0.6) is 5.75 Å². The van der Waals surface area contributed by atoms with Crippen LogP contribution in [-0.4, -0.2) is 25.4 Å². The van der Waals surface area contributed by atoms with Gasteiger partial charge < -0.3 is 10.1 Å². The molecule has 0 bridgehead atoms. The van der Waals surface area contributed by atoms with Crippen molar-refractivity contribution in [3.05, 3.63) is 29.3 Å². The molecule has 3 nitrogen and oxygen atoms in total. The fraction of sp³-hybridized carbons (Fsp3) is 0.462. The molecule has 0 radical (unpaired) electrons. The monoisotopic (exact) mass is 255 g/mol. The van der Waals surface area contributed by atoms with Crippen LogP contribution in [-0.2, 0) is 0 Å². The van der Waals surface area contributed by atoms with Gasteiger partial charge in [0, 0.05) is 12.4 Å². The molecule has 1 N–H and O–H groups in total. The standard InChI is InChI=1S/C13H18ClNO2/c1-10-5-6-12(17-2)11(9-10)13(16)15-8-4-3-7-14/h5-6,9H,3-4,7-8H2,1-2H3,(H,15,16). The zero-order valence-corrected chi connectivity index (χ0v) is 11.0. The van der Waals surface area contributed by atoms with Crippen LogP contribution in [0.3, 0.4) is 0 Å². The Morgan fingerprint density at radius 2 is 2.18 bits per heavy atom. The van der Waals surface area contributed by atoms with Crippen molar-refractivity contribution in [1.29, 1.82) is 0 Å². The van der Waals surface area contributed by atoms with Gasteiger partial charge in [-0.2, -0.15) is 0 Å². The highest BCUT2D eigenvalue weighted by Crippen LogP contribution is 2.19. The minimum absolute atomic E-state index is 0.0971. The predicted octanol–water partition coefficient (Wildman–Crippen LogP) is 2.75. The Hall–Kier alpha value is -1.22. The summed E-state index contributed by atoms with van der Waals surface area (Å²) in [5, 5.41) is 2.86. The predicted molar refractivity (Wildman–Crippen MR) is 70.0 cm³/mol. The number of halogens is 1. The van der Waals surface area contributed by atoms with Crippen LogP contribution in [0.25, 0.3) is 0 Å². The van der Waals surface area contributed by atoms with E-state index in [4.69, 9.17) is 16.3 Å². The number of amides is 1. The van der Waals surface area contributed by atoms with E-state index in [0.29, 0.717) is 23.7 Å². The third-order valence-corrected chi connectivity index (χ3v) is 2.71. The second-order valence-electron chi connectivity index (χ2n) is 3.86. The van der Waals surface area contributed by atoms with Crippen LogP contribution >= 0.6 is 11.6 Å². The largest absolute Gasteiger partial charge is 0.496 e. The van der Waals surface area contributed by atoms with Gasteiger partial charge >= 0.3 is 0 Å². The van der Waals surface area contributed by atoms with E-state index in [2.05, 4.69) is 5.32 Å². The molecule has 0 aliphatic heterocycles. The lowest BCUT2D eigenvalue weighted by atomic mass is 10.1. The van der Waals surface area contributed by atoms with E-state index < -0.39 is 0 Å². The number of benzene rings is 1. The first-order valence-corrected chi connectivity index (χ1v) is 6.21. The van der Waals surface area contributed by atoms with Crippen molar-refractivity contribution in [3.63, 3.8) is 0 Å². The van der Waals surface area contributed by atoms with Crippen molar-refractivity contribution in [3.8, 4) is 5.75 Å². The van der Waals surface area contributed by atoms with Crippen LogP contribution in [0.4, 0.5) is 0 Å². The van der Waals surface area contributed by atoms with Crippen LogP contribution in [0.1, 0.15) is 28.8 Å². The highest BCUT2D eigenvalue weighted by Gasteiger charge is 2.11. The number of carbonyl (C=O) groups is 1. The van der Waals surface area contributed by atoms with Crippen LogP contribution < -0.4 is 10.1 Å². The number of carbonyl (C=O) groups excluding carboxylic acids is 1. The Balaban J connectivity index is 2.64. The summed E-state index contributed by atoms with van der Waals surface area (Å²) in [6.07, 6.45) is 1.80. The van der Waals surface area contributed by atoms with Crippen molar-refractivity contribution in [1.82, 2.24) is 5.32 Å². The van der Waals surface area contributed by atoms with Crippen molar-refractivity contribution < 1.29 is 9.53 Å². The van der Waals surface area contributed by atoms with Gasteiger partial charge in [-0.15, -0.1) is 11.6 Å². The minimum Gasteiger partial charge on any atom is -0.496 e. The molecule has 0 saturated carbocycles. The molecule has 1 amide bonds. The van der Waals surface area contributed by atoms with Crippen molar-refractivity contribution in [2.24, 2.45) is 0 Å². The molecule has 0 fully saturated rings. The quantitative estimate of drug-likeness (QED) is 0.627. The number of hydrogen-bond acceptors (Lipinski definition) is 2. The number of rotatable bonds is 6. The summed E-state index contributed by atoms with van der Waals surface area (Å²) >= 11 is 5.57. The Morgan fingerprint density at radius 1 is 1.41 bits per heavy atom. The first-order chi connectivity index (χ1) is 8.19. The van der Waals surface area contributed by atoms with E-state index in [9.17, 15) is 4.79 Å². The third-order valence-electron chi connectivity index (χ3n) is 2.45. The summed E-state index contributed by atoms with van der Waals surface area (Å²) in [6, 6.07) is 5.56. The zero-order valence-electron chi connectivity index (χ0n) is 10.3. The van der Waals surface area contributed by atoms with Crippen molar-refractivity contribution in [2.75, 3.05) is 19.5 Å². The van der Waals surface area contributed by atoms with Crippen LogP contribution in [0.15, 0.2) is 18.2 Å². The average molecular weight is 256 g/mol. The molecule has 4 heteroatoms. The molecule has 0 unspecified atom stereocenters. The Morgan fingerprint density at radius 3 is 2.82 bits per heavy atom. The first-order valence-electron chi connectivity index (χ1n) is 5.68. The van der Waals surface area contributed by atoms with E-state index in [1.165, 1.54) is 0 Å². The summed E-state index contributed by atoms with van der Waals surface area (Å²) in [5.74, 6) is 1.13. The lowest BCUT2D eigenvalue weighted by molar-refractivity contribution is 0.0950. The average Bonchev–Trinajstić information content (AvgIpc) is 2.34. The summed E-state index contributed by atoms with van der Waals surface area (Å²) in [4.78, 5) is 11.9. The molecule has 0 spiro atoms. The molecular weight excluding hydrogens is 238 g/mol. The highest BCUT2D eigenvalue weighted by atomic mass is 35.5. The molecule has 1 aromatic carbocycles. The van der Waals surface area contributed by atoms with Gasteiger partial charge in [-0.25, -0.2) is 0 Å². The topological polar surface area (TPSA) is 38.3 Å². The fourth-order valence-corrected chi connectivity index (χ4v) is 1.70. The Bertz CT molecular complexity index is 380. The maximum Gasteiger partial charge on any atom is 0.255 e. The van der Waals surface area contributed by atoms with Gasteiger partial charge in [0.1, 0.15) is 5.75 Å². The molecule has 1 rings (SSSR count). The number of hydrogen-bond donors (Lipinski definition) is 1. The van der Waals surface area contributed by atoms with Gasteiger partial charge in [-0.1, -0.05) is 11.6 Å². The lowest BCUT2D eigenvalue weighted by Gasteiger charge is -2.09. The zero-order chi connectivity index (χ0) is 12.7. The summed E-state index contributed by atoms with van der Waals surface area (Å²) in [6.45, 7) is 2.59. The van der Waals surface area contributed by atoms with Gasteiger partial charge in [0.15, 0.2) is 0 Å². The lowest BCUT2D eigenvalue weighted by Crippen LogP contribution is -2.25. The van der Waals surface area contributed by atoms with Crippen molar-refractivity contribution in [2.45, 2.75) is 19.8 Å². The van der Waals surface area contributed by atoms with Crippen LogP contribution in [0, 0.1) is 6.92 Å². The molecule has 0 aromatic heterocycles. The molecule has 0 heterocycles. The van der Waals surface area contributed by atoms with Gasteiger partial charge in [-0.3, -0.25) is 4.79 Å². The number of ether oxygens (including phenoxy) is 1. The summed E-state index contributed by atoms with van der Waals surface area (Å²) < 4.78 is 5.17. The number of nitrogens with one attached hydrogen (secondary N) is 1. The van der Waals surface area contributed by atoms with Gasteiger partial charge in [0.25, 0.3) is 5.91 Å². The third kappa shape index (κ3) is 4.27. The highest BCUT2D eigenvalue weighted by molar-refractivity contribution is 6.17. The van der Waals surface area contributed by atoms with Gasteiger partial charge in [0.05, 0.1) is 12.7 Å².